The summed E-state index contributed by atoms with van der Waals surface area (Å²) in [6.45, 7) is 7.32. The zero-order valence-corrected chi connectivity index (χ0v) is 13.3. The highest BCUT2D eigenvalue weighted by Gasteiger charge is 2.07. The number of nitrogens with zero attached hydrogens (tertiary/aromatic N) is 4. The average Bonchev–Trinajstić information content (AvgIpc) is 2.88. The predicted molar refractivity (Wildman–Crippen MR) is 81.3 cm³/mol. The molecule has 0 aliphatic carbocycles. The molecular formula is C14H20ClN5O. The topological polar surface area (TPSA) is 64.7 Å². The van der Waals surface area contributed by atoms with Gasteiger partial charge in [-0.3, -0.25) is 14.2 Å². The van der Waals surface area contributed by atoms with Gasteiger partial charge in [0.1, 0.15) is 6.54 Å². The molecule has 0 radical (unpaired) electrons. The molecule has 0 aliphatic rings. The van der Waals surface area contributed by atoms with Crippen LogP contribution in [0.1, 0.15) is 23.5 Å². The molecule has 0 aliphatic heterocycles. The summed E-state index contributed by atoms with van der Waals surface area (Å²) in [6.07, 6.45) is 2.61. The number of rotatable bonds is 6. The molecule has 0 aromatic carbocycles. The first-order valence-corrected chi connectivity index (χ1v) is 7.31. The minimum atomic E-state index is -0.0316. The van der Waals surface area contributed by atoms with Crippen LogP contribution in [0, 0.1) is 20.8 Å². The lowest BCUT2D eigenvalue weighted by Gasteiger charge is -2.07. The third-order valence-electron chi connectivity index (χ3n) is 3.17. The number of aryl methyl sites for hydroxylation is 4. The van der Waals surface area contributed by atoms with Crippen LogP contribution < -0.4 is 5.32 Å². The second-order valence-corrected chi connectivity index (χ2v) is 5.52. The smallest absolute Gasteiger partial charge is 0.241 e. The van der Waals surface area contributed by atoms with Crippen LogP contribution >= 0.6 is 11.6 Å². The van der Waals surface area contributed by atoms with Gasteiger partial charge in [0.15, 0.2) is 0 Å². The Bertz CT molecular complexity index is 612. The van der Waals surface area contributed by atoms with Crippen LogP contribution in [0.5, 0.6) is 0 Å². The third-order valence-corrected chi connectivity index (χ3v) is 3.54. The summed E-state index contributed by atoms with van der Waals surface area (Å²) in [7, 11) is 0. The summed E-state index contributed by atoms with van der Waals surface area (Å²) in [5.74, 6) is -0.0316. The third kappa shape index (κ3) is 4.32. The van der Waals surface area contributed by atoms with Crippen molar-refractivity contribution in [3.8, 4) is 0 Å². The number of carbonyl (C=O) groups excluding carboxylic acids is 1. The molecule has 2 aromatic rings. The molecule has 0 atom stereocenters. The number of halogens is 1. The first kappa shape index (κ1) is 15.6. The van der Waals surface area contributed by atoms with E-state index in [0.717, 1.165) is 30.0 Å². The van der Waals surface area contributed by atoms with Gasteiger partial charge in [0.25, 0.3) is 0 Å². The van der Waals surface area contributed by atoms with E-state index in [-0.39, 0.29) is 12.5 Å². The summed E-state index contributed by atoms with van der Waals surface area (Å²) < 4.78 is 3.51. The van der Waals surface area contributed by atoms with Gasteiger partial charge in [-0.05, 0) is 33.3 Å². The van der Waals surface area contributed by atoms with Gasteiger partial charge in [0.05, 0.1) is 16.4 Å². The van der Waals surface area contributed by atoms with E-state index in [1.54, 1.807) is 15.6 Å². The Kier molecular flexibility index (Phi) is 5.01. The molecule has 7 heteroatoms. The zero-order chi connectivity index (χ0) is 15.4. The molecule has 0 spiro atoms. The van der Waals surface area contributed by atoms with E-state index in [9.17, 15) is 4.79 Å². The molecule has 0 saturated heterocycles. The zero-order valence-electron chi connectivity index (χ0n) is 12.6. The fraction of sp³-hybridized carbons (Fsp3) is 0.500. The van der Waals surface area contributed by atoms with Crippen LogP contribution in [0.25, 0.3) is 0 Å². The number of hydrogen-bond acceptors (Lipinski definition) is 3. The molecular weight excluding hydrogens is 290 g/mol. The molecule has 6 nitrogen and oxygen atoms in total. The molecule has 2 heterocycles. The summed E-state index contributed by atoms with van der Waals surface area (Å²) in [6, 6.07) is 1.96. The van der Waals surface area contributed by atoms with Gasteiger partial charge < -0.3 is 5.32 Å². The van der Waals surface area contributed by atoms with E-state index in [4.69, 9.17) is 11.6 Å². The number of amides is 1. The first-order chi connectivity index (χ1) is 9.95. The van der Waals surface area contributed by atoms with Crippen molar-refractivity contribution in [2.45, 2.75) is 40.3 Å². The van der Waals surface area contributed by atoms with Crippen molar-refractivity contribution in [1.82, 2.24) is 24.9 Å². The fourth-order valence-corrected chi connectivity index (χ4v) is 2.25. The van der Waals surface area contributed by atoms with Crippen LogP contribution in [0.3, 0.4) is 0 Å². The van der Waals surface area contributed by atoms with E-state index < -0.39 is 0 Å². The van der Waals surface area contributed by atoms with Crippen molar-refractivity contribution >= 4 is 17.5 Å². The van der Waals surface area contributed by atoms with Gasteiger partial charge in [0, 0.05) is 25.0 Å². The summed E-state index contributed by atoms with van der Waals surface area (Å²) >= 11 is 5.94. The fourth-order valence-electron chi connectivity index (χ4n) is 2.10. The Morgan fingerprint density at radius 1 is 1.33 bits per heavy atom. The lowest BCUT2D eigenvalue weighted by molar-refractivity contribution is -0.121. The second-order valence-electron chi connectivity index (χ2n) is 5.11. The van der Waals surface area contributed by atoms with E-state index in [1.807, 2.05) is 26.8 Å². The van der Waals surface area contributed by atoms with Crippen molar-refractivity contribution in [2.24, 2.45) is 0 Å². The summed E-state index contributed by atoms with van der Waals surface area (Å²) in [5, 5.41) is 12.1. The van der Waals surface area contributed by atoms with Gasteiger partial charge in [0.2, 0.25) is 5.91 Å². The Labute approximate surface area is 129 Å². The summed E-state index contributed by atoms with van der Waals surface area (Å²) in [4.78, 5) is 11.8. The monoisotopic (exact) mass is 309 g/mol. The van der Waals surface area contributed by atoms with Gasteiger partial charge in [-0.1, -0.05) is 11.6 Å². The van der Waals surface area contributed by atoms with Crippen LogP contribution in [0.15, 0.2) is 12.3 Å². The van der Waals surface area contributed by atoms with Crippen LogP contribution in [-0.4, -0.2) is 32.0 Å². The van der Waals surface area contributed by atoms with Crippen molar-refractivity contribution in [1.29, 1.82) is 0 Å². The lowest BCUT2D eigenvalue weighted by Crippen LogP contribution is -2.29. The van der Waals surface area contributed by atoms with E-state index in [0.29, 0.717) is 11.6 Å². The van der Waals surface area contributed by atoms with Gasteiger partial charge in [-0.15, -0.1) is 0 Å². The maximum atomic E-state index is 11.8. The number of aromatic nitrogens is 4. The minimum Gasteiger partial charge on any atom is -0.354 e. The second kappa shape index (κ2) is 6.76. The lowest BCUT2D eigenvalue weighted by atomic mass is 10.4. The molecule has 0 saturated carbocycles. The maximum absolute atomic E-state index is 11.8. The molecule has 0 unspecified atom stereocenters. The maximum Gasteiger partial charge on any atom is 0.241 e. The molecule has 1 amide bonds. The Morgan fingerprint density at radius 2 is 2.10 bits per heavy atom. The van der Waals surface area contributed by atoms with E-state index in [1.165, 1.54) is 0 Å². The largest absolute Gasteiger partial charge is 0.354 e. The Morgan fingerprint density at radius 3 is 2.67 bits per heavy atom. The van der Waals surface area contributed by atoms with Gasteiger partial charge >= 0.3 is 0 Å². The SMILES string of the molecule is Cc1cc(C)n(CC(=O)NCCCn2cc(Cl)c(C)n2)n1. The molecule has 21 heavy (non-hydrogen) atoms. The van der Waals surface area contributed by atoms with Crippen molar-refractivity contribution in [2.75, 3.05) is 6.54 Å². The minimum absolute atomic E-state index is 0.0316. The quantitative estimate of drug-likeness (QED) is 0.828. The van der Waals surface area contributed by atoms with E-state index >= 15 is 0 Å². The summed E-state index contributed by atoms with van der Waals surface area (Å²) in [5.41, 5.74) is 2.74. The standard InChI is InChI=1S/C14H20ClN5O/c1-10-7-11(2)20(17-10)9-14(21)16-5-4-6-19-8-13(15)12(3)18-19/h7-8H,4-6,9H2,1-3H3,(H,16,21). The first-order valence-electron chi connectivity index (χ1n) is 6.93. The number of carbonyl (C=O) groups is 1. The predicted octanol–water partition coefficient (Wildman–Crippen LogP) is 1.86. The normalized spacial score (nSPS) is 10.9. The van der Waals surface area contributed by atoms with Crippen molar-refractivity contribution < 1.29 is 4.79 Å². The van der Waals surface area contributed by atoms with Crippen molar-refractivity contribution in [3.05, 3.63) is 34.4 Å². The number of nitrogens with one attached hydrogen (secondary N) is 1. The number of hydrogen-bond donors (Lipinski definition) is 1. The van der Waals surface area contributed by atoms with Gasteiger partial charge in [-0.2, -0.15) is 10.2 Å². The molecule has 2 rings (SSSR count). The van der Waals surface area contributed by atoms with Gasteiger partial charge in [-0.25, -0.2) is 0 Å². The van der Waals surface area contributed by atoms with Crippen molar-refractivity contribution in [3.63, 3.8) is 0 Å². The van der Waals surface area contributed by atoms with Crippen LogP contribution in [0.4, 0.5) is 0 Å². The molecule has 0 bridgehead atoms. The average molecular weight is 310 g/mol. The molecule has 114 valence electrons. The Balaban J connectivity index is 1.71. The van der Waals surface area contributed by atoms with Crippen LogP contribution in [-0.2, 0) is 17.9 Å². The Hall–Kier alpha value is -1.82. The highest BCUT2D eigenvalue weighted by Crippen LogP contribution is 2.11. The van der Waals surface area contributed by atoms with E-state index in [2.05, 4.69) is 15.5 Å². The highest BCUT2D eigenvalue weighted by molar-refractivity contribution is 6.31. The highest BCUT2D eigenvalue weighted by atomic mass is 35.5. The van der Waals surface area contributed by atoms with Crippen LogP contribution in [0.2, 0.25) is 5.02 Å². The molecule has 2 aromatic heterocycles. The molecule has 1 N–H and O–H groups in total. The molecule has 0 fully saturated rings.